The molecule has 0 N–H and O–H groups in total. The molecule has 7 nitrogen and oxygen atoms in total. The predicted molar refractivity (Wildman–Crippen MR) is 95.6 cm³/mol. The summed E-state index contributed by atoms with van der Waals surface area (Å²) in [5.41, 5.74) is 1.54. The van der Waals surface area contributed by atoms with Crippen LogP contribution in [0.1, 0.15) is 11.1 Å². The Labute approximate surface area is 210 Å². The maximum Gasteiger partial charge on any atom is 1.00 e. The molecule has 2 aromatic rings. The molecular formula is C18H19Na2O7P. The van der Waals surface area contributed by atoms with Crippen molar-refractivity contribution in [1.29, 1.82) is 0 Å². The number of benzene rings is 2. The van der Waals surface area contributed by atoms with E-state index in [0.717, 1.165) is 11.1 Å². The van der Waals surface area contributed by atoms with Crippen LogP contribution in [0.5, 0.6) is 28.7 Å². The molecule has 10 heteroatoms. The molecule has 0 atom stereocenters. The smallest absolute Gasteiger partial charge is 0.810 e. The van der Waals surface area contributed by atoms with Gasteiger partial charge in [0.15, 0.2) is 23.0 Å². The van der Waals surface area contributed by atoms with Crippen LogP contribution >= 0.6 is 8.60 Å². The first-order valence-corrected chi connectivity index (χ1v) is 8.60. The minimum absolute atomic E-state index is 0. The monoisotopic (exact) mass is 424 g/mol. The Morgan fingerprint density at radius 3 is 1.64 bits per heavy atom. The van der Waals surface area contributed by atoms with Crippen molar-refractivity contribution in [1.82, 2.24) is 0 Å². The standard InChI is InChI=1S/C18H19O7P.2Na/c1-21-14-8-7-12(9-15(14)25-26(19)20)5-6-13-10-16(22-2)18(24-4)17(11-13)23-3;;/h5-11H,1-4H3;;/q-2;2*+1/b6-5-;;. The van der Waals surface area contributed by atoms with E-state index in [1.807, 2.05) is 6.08 Å². The van der Waals surface area contributed by atoms with Crippen LogP contribution in [0.2, 0.25) is 0 Å². The molecule has 0 amide bonds. The van der Waals surface area contributed by atoms with Gasteiger partial charge in [-0.2, -0.15) is 0 Å². The quantitative estimate of drug-likeness (QED) is 0.244. The van der Waals surface area contributed by atoms with Gasteiger partial charge in [-0.05, 0) is 35.4 Å². The van der Waals surface area contributed by atoms with E-state index in [1.54, 1.807) is 50.6 Å². The minimum Gasteiger partial charge on any atom is -0.810 e. The third-order valence-corrected chi connectivity index (χ3v) is 3.86. The van der Waals surface area contributed by atoms with Crippen LogP contribution in [0.15, 0.2) is 30.3 Å². The second-order valence-electron chi connectivity index (χ2n) is 5.02. The molecule has 0 aromatic heterocycles. The zero-order valence-electron chi connectivity index (χ0n) is 16.8. The van der Waals surface area contributed by atoms with Gasteiger partial charge in [-0.25, -0.2) is 0 Å². The number of ether oxygens (including phenoxy) is 4. The number of hydrogen-bond acceptors (Lipinski definition) is 7. The molecular weight excluding hydrogens is 405 g/mol. The van der Waals surface area contributed by atoms with Crippen molar-refractivity contribution in [3.63, 3.8) is 0 Å². The molecule has 140 valence electrons. The SMILES string of the molecule is COc1ccc(/C=C\c2cc(OC)c(OC)c(OC)c2)cc1OP([O-])[O-].[Na+].[Na+]. The Hall–Kier alpha value is -0.470. The predicted octanol–water partition coefficient (Wildman–Crippen LogP) is -3.77. The first kappa shape index (κ1) is 27.5. The van der Waals surface area contributed by atoms with E-state index in [1.165, 1.54) is 14.2 Å². The summed E-state index contributed by atoms with van der Waals surface area (Å²) in [5, 5.41) is 0. The first-order chi connectivity index (χ1) is 12.5. The second kappa shape index (κ2) is 13.7. The first-order valence-electron chi connectivity index (χ1n) is 7.50. The summed E-state index contributed by atoms with van der Waals surface area (Å²) in [6.45, 7) is 0. The number of hydrogen-bond donors (Lipinski definition) is 0. The van der Waals surface area contributed by atoms with Crippen LogP contribution in [-0.4, -0.2) is 28.4 Å². The molecule has 0 heterocycles. The Kier molecular flexibility index (Phi) is 13.5. The Morgan fingerprint density at radius 2 is 1.18 bits per heavy atom. The molecule has 0 aliphatic carbocycles. The summed E-state index contributed by atoms with van der Waals surface area (Å²) in [6, 6.07) is 8.57. The van der Waals surface area contributed by atoms with Crippen LogP contribution < -0.4 is 92.4 Å². The Bertz CT molecular complexity index is 760. The molecule has 28 heavy (non-hydrogen) atoms. The molecule has 0 saturated carbocycles. The molecule has 2 rings (SSSR count). The van der Waals surface area contributed by atoms with Gasteiger partial charge in [0.1, 0.15) is 0 Å². The molecule has 0 aliphatic heterocycles. The molecule has 2 aromatic carbocycles. The van der Waals surface area contributed by atoms with E-state index in [-0.39, 0.29) is 64.9 Å². The Balaban J connectivity index is 0.00000364. The van der Waals surface area contributed by atoms with Gasteiger partial charge in [-0.1, -0.05) is 26.8 Å². The van der Waals surface area contributed by atoms with Crippen LogP contribution in [0.25, 0.3) is 12.2 Å². The fourth-order valence-electron chi connectivity index (χ4n) is 2.34. The average Bonchev–Trinajstić information content (AvgIpc) is 2.65. The van der Waals surface area contributed by atoms with Crippen molar-refractivity contribution in [3.8, 4) is 28.7 Å². The summed E-state index contributed by atoms with van der Waals surface area (Å²) in [7, 11) is 3.03. The van der Waals surface area contributed by atoms with E-state index < -0.39 is 8.60 Å². The number of rotatable bonds is 8. The zero-order valence-corrected chi connectivity index (χ0v) is 21.7. The third-order valence-electron chi connectivity index (χ3n) is 3.52. The van der Waals surface area contributed by atoms with Crippen molar-refractivity contribution in [2.75, 3.05) is 28.4 Å². The van der Waals surface area contributed by atoms with Gasteiger partial charge in [-0.15, -0.1) is 0 Å². The van der Waals surface area contributed by atoms with Crippen LogP contribution in [-0.2, 0) is 0 Å². The van der Waals surface area contributed by atoms with E-state index in [0.29, 0.717) is 23.0 Å². The topological polar surface area (TPSA) is 92.3 Å². The van der Waals surface area contributed by atoms with Crippen LogP contribution in [0, 0.1) is 0 Å². The van der Waals surface area contributed by atoms with E-state index in [2.05, 4.69) is 0 Å². The van der Waals surface area contributed by atoms with Gasteiger partial charge in [0, 0.05) is 0 Å². The van der Waals surface area contributed by atoms with Gasteiger partial charge < -0.3 is 33.3 Å². The summed E-state index contributed by atoms with van der Waals surface area (Å²) in [4.78, 5) is 21.7. The van der Waals surface area contributed by atoms with Crippen LogP contribution in [0.4, 0.5) is 0 Å². The van der Waals surface area contributed by atoms with E-state index >= 15 is 0 Å². The minimum atomic E-state index is -3.03. The van der Waals surface area contributed by atoms with Gasteiger partial charge in [0.05, 0.1) is 28.4 Å². The third kappa shape index (κ3) is 7.41. The summed E-state index contributed by atoms with van der Waals surface area (Å²) in [5.74, 6) is 2.03. The van der Waals surface area contributed by atoms with Gasteiger partial charge in [0.2, 0.25) is 5.75 Å². The Morgan fingerprint density at radius 1 is 0.679 bits per heavy atom. The molecule has 0 radical (unpaired) electrons. The average molecular weight is 424 g/mol. The van der Waals surface area contributed by atoms with Crippen LogP contribution in [0.3, 0.4) is 0 Å². The largest absolute Gasteiger partial charge is 1.00 e. The molecule has 0 bridgehead atoms. The fourth-order valence-corrected chi connectivity index (χ4v) is 2.64. The van der Waals surface area contributed by atoms with Crippen molar-refractivity contribution >= 4 is 20.8 Å². The van der Waals surface area contributed by atoms with Crippen molar-refractivity contribution in [2.24, 2.45) is 0 Å². The van der Waals surface area contributed by atoms with Gasteiger partial charge >= 0.3 is 59.1 Å². The summed E-state index contributed by atoms with van der Waals surface area (Å²) < 4.78 is 25.8. The maximum atomic E-state index is 10.8. The number of methoxy groups -OCH3 is 4. The maximum absolute atomic E-state index is 10.8. The normalized spacial score (nSPS) is 10.1. The molecule has 0 unspecified atom stereocenters. The van der Waals surface area contributed by atoms with E-state index in [9.17, 15) is 9.79 Å². The van der Waals surface area contributed by atoms with Crippen molar-refractivity contribution in [3.05, 3.63) is 41.5 Å². The fraction of sp³-hybridized carbons (Fsp3) is 0.222. The van der Waals surface area contributed by atoms with Gasteiger partial charge in [-0.3, -0.25) is 0 Å². The molecule has 0 fully saturated rings. The molecule has 0 aliphatic rings. The van der Waals surface area contributed by atoms with Gasteiger partial charge in [0.25, 0.3) is 0 Å². The second-order valence-corrected chi connectivity index (χ2v) is 5.65. The molecule has 0 saturated heterocycles. The summed E-state index contributed by atoms with van der Waals surface area (Å²) >= 11 is 0. The molecule has 0 spiro atoms. The zero-order chi connectivity index (χ0) is 19.1. The summed E-state index contributed by atoms with van der Waals surface area (Å²) in [6.07, 6.45) is 3.62. The van der Waals surface area contributed by atoms with E-state index in [4.69, 9.17) is 23.5 Å². The van der Waals surface area contributed by atoms with Crippen molar-refractivity contribution in [2.45, 2.75) is 0 Å². The van der Waals surface area contributed by atoms with Crippen molar-refractivity contribution < 1.29 is 92.4 Å².